The molecule has 0 amide bonds. The predicted octanol–water partition coefficient (Wildman–Crippen LogP) is 3.13. The van der Waals surface area contributed by atoms with Crippen molar-refractivity contribution in [1.82, 2.24) is 5.32 Å². The Labute approximate surface area is 102 Å². The molecule has 3 unspecified atom stereocenters. The van der Waals surface area contributed by atoms with Gasteiger partial charge in [0.25, 0.3) is 0 Å². The quantitative estimate of drug-likeness (QED) is 0.871. The van der Waals surface area contributed by atoms with Crippen molar-refractivity contribution < 1.29 is 4.74 Å². The minimum absolute atomic E-state index is 0.454. The third-order valence-electron chi connectivity index (χ3n) is 3.48. The van der Waals surface area contributed by atoms with Gasteiger partial charge in [0, 0.05) is 23.6 Å². The van der Waals surface area contributed by atoms with E-state index in [1.54, 1.807) is 0 Å². The van der Waals surface area contributed by atoms with Crippen LogP contribution in [-0.4, -0.2) is 19.3 Å². The molecule has 3 atom stereocenters. The number of hydrogen-bond acceptors (Lipinski definition) is 3. The lowest BCUT2D eigenvalue weighted by Gasteiger charge is -2.24. The normalized spacial score (nSPS) is 24.6. The zero-order valence-corrected chi connectivity index (χ0v) is 11.1. The fourth-order valence-corrected chi connectivity index (χ4v) is 3.33. The van der Waals surface area contributed by atoms with E-state index in [1.165, 1.54) is 16.9 Å². The van der Waals surface area contributed by atoms with Crippen LogP contribution >= 0.6 is 11.3 Å². The number of nitrogens with one attached hydrogen (secondary N) is 1. The van der Waals surface area contributed by atoms with E-state index in [0.717, 1.165) is 13.2 Å². The zero-order valence-electron chi connectivity index (χ0n) is 10.3. The maximum Gasteiger partial charge on any atom is 0.0509 e. The molecule has 3 heteroatoms. The van der Waals surface area contributed by atoms with Crippen LogP contribution in [0.5, 0.6) is 0 Å². The summed E-state index contributed by atoms with van der Waals surface area (Å²) in [6.07, 6.45) is 1.20. The first-order valence-corrected chi connectivity index (χ1v) is 6.94. The maximum absolute atomic E-state index is 5.44. The van der Waals surface area contributed by atoms with Crippen LogP contribution < -0.4 is 5.32 Å². The first-order valence-electron chi connectivity index (χ1n) is 6.06. The van der Waals surface area contributed by atoms with E-state index in [-0.39, 0.29) is 0 Å². The molecule has 1 aromatic heterocycles. The standard InChI is InChI=1S/C13H21NOS/c1-9-5-7-16-13(9)11(3)14-10(2)12-4-6-15-8-12/h5,7,10-12,14H,4,6,8H2,1-3H3. The summed E-state index contributed by atoms with van der Waals surface area (Å²) in [6.45, 7) is 8.57. The first kappa shape index (κ1) is 12.1. The smallest absolute Gasteiger partial charge is 0.0509 e. The van der Waals surface area contributed by atoms with E-state index in [1.807, 2.05) is 11.3 Å². The molecule has 1 aliphatic heterocycles. The molecule has 0 aliphatic carbocycles. The highest BCUT2D eigenvalue weighted by Crippen LogP contribution is 2.25. The molecular formula is C13H21NOS. The Kier molecular flexibility index (Phi) is 4.00. The van der Waals surface area contributed by atoms with Crippen molar-refractivity contribution in [3.05, 3.63) is 21.9 Å². The summed E-state index contributed by atoms with van der Waals surface area (Å²) in [5.41, 5.74) is 1.40. The molecule has 1 aromatic rings. The Bertz CT molecular complexity index is 330. The number of thiophene rings is 1. The topological polar surface area (TPSA) is 21.3 Å². The Morgan fingerprint density at radius 3 is 2.88 bits per heavy atom. The van der Waals surface area contributed by atoms with Crippen molar-refractivity contribution in [3.8, 4) is 0 Å². The van der Waals surface area contributed by atoms with Gasteiger partial charge in [-0.25, -0.2) is 0 Å². The number of aryl methyl sites for hydroxylation is 1. The fraction of sp³-hybridized carbons (Fsp3) is 0.692. The zero-order chi connectivity index (χ0) is 11.5. The molecule has 1 saturated heterocycles. The molecule has 0 radical (unpaired) electrons. The second kappa shape index (κ2) is 5.30. The third kappa shape index (κ3) is 2.65. The average Bonchev–Trinajstić information content (AvgIpc) is 2.86. The van der Waals surface area contributed by atoms with E-state index in [2.05, 4.69) is 37.5 Å². The van der Waals surface area contributed by atoms with Crippen LogP contribution in [0.4, 0.5) is 0 Å². The summed E-state index contributed by atoms with van der Waals surface area (Å²) in [5, 5.41) is 5.87. The van der Waals surface area contributed by atoms with E-state index >= 15 is 0 Å². The SMILES string of the molecule is Cc1ccsc1C(C)NC(C)C1CCOC1. The van der Waals surface area contributed by atoms with Gasteiger partial charge in [0.1, 0.15) is 0 Å². The van der Waals surface area contributed by atoms with Crippen molar-refractivity contribution >= 4 is 11.3 Å². The molecule has 0 bridgehead atoms. The molecule has 1 N–H and O–H groups in total. The van der Waals surface area contributed by atoms with Gasteiger partial charge < -0.3 is 10.1 Å². The van der Waals surface area contributed by atoms with Crippen molar-refractivity contribution in [2.24, 2.45) is 5.92 Å². The third-order valence-corrected chi connectivity index (χ3v) is 4.68. The van der Waals surface area contributed by atoms with Gasteiger partial charge in [-0.2, -0.15) is 0 Å². The lowest BCUT2D eigenvalue weighted by molar-refractivity contribution is 0.177. The van der Waals surface area contributed by atoms with Gasteiger partial charge in [-0.3, -0.25) is 0 Å². The monoisotopic (exact) mass is 239 g/mol. The summed E-state index contributed by atoms with van der Waals surface area (Å²) >= 11 is 1.85. The first-order chi connectivity index (χ1) is 7.68. The molecule has 0 aromatic carbocycles. The van der Waals surface area contributed by atoms with Crippen LogP contribution in [-0.2, 0) is 4.74 Å². The summed E-state index contributed by atoms with van der Waals surface area (Å²) in [4.78, 5) is 1.46. The van der Waals surface area contributed by atoms with Crippen LogP contribution in [0.2, 0.25) is 0 Å². The van der Waals surface area contributed by atoms with E-state index in [9.17, 15) is 0 Å². The summed E-state index contributed by atoms with van der Waals surface area (Å²) in [6, 6.07) is 3.19. The molecule has 1 aliphatic rings. The van der Waals surface area contributed by atoms with Crippen molar-refractivity contribution in [2.45, 2.75) is 39.3 Å². The lowest BCUT2D eigenvalue weighted by Crippen LogP contribution is -2.35. The second-order valence-electron chi connectivity index (χ2n) is 4.77. The van der Waals surface area contributed by atoms with Crippen LogP contribution in [0, 0.1) is 12.8 Å². The van der Waals surface area contributed by atoms with Crippen LogP contribution in [0.25, 0.3) is 0 Å². The second-order valence-corrected chi connectivity index (χ2v) is 5.72. The highest BCUT2D eigenvalue weighted by Gasteiger charge is 2.24. The number of rotatable bonds is 4. The van der Waals surface area contributed by atoms with Crippen molar-refractivity contribution in [1.29, 1.82) is 0 Å². The minimum Gasteiger partial charge on any atom is -0.381 e. The Morgan fingerprint density at radius 1 is 1.50 bits per heavy atom. The van der Waals surface area contributed by atoms with Gasteiger partial charge in [-0.05, 0) is 50.1 Å². The molecule has 0 saturated carbocycles. The van der Waals surface area contributed by atoms with Gasteiger partial charge in [-0.15, -0.1) is 11.3 Å². The van der Waals surface area contributed by atoms with Crippen molar-refractivity contribution in [2.75, 3.05) is 13.2 Å². The van der Waals surface area contributed by atoms with E-state index in [0.29, 0.717) is 18.0 Å². The van der Waals surface area contributed by atoms with Crippen LogP contribution in [0.1, 0.15) is 36.8 Å². The van der Waals surface area contributed by atoms with Gasteiger partial charge in [0.05, 0.1) is 6.61 Å². The largest absolute Gasteiger partial charge is 0.381 e. The van der Waals surface area contributed by atoms with Gasteiger partial charge in [0.15, 0.2) is 0 Å². The Hall–Kier alpha value is -0.380. The maximum atomic E-state index is 5.44. The van der Waals surface area contributed by atoms with Gasteiger partial charge >= 0.3 is 0 Å². The molecule has 2 nitrogen and oxygen atoms in total. The summed E-state index contributed by atoms with van der Waals surface area (Å²) in [5.74, 6) is 0.683. The molecular weight excluding hydrogens is 218 g/mol. The van der Waals surface area contributed by atoms with Crippen LogP contribution in [0.15, 0.2) is 11.4 Å². The van der Waals surface area contributed by atoms with E-state index < -0.39 is 0 Å². The lowest BCUT2D eigenvalue weighted by atomic mass is 9.99. The molecule has 0 spiro atoms. The van der Waals surface area contributed by atoms with E-state index in [4.69, 9.17) is 4.74 Å². The highest BCUT2D eigenvalue weighted by atomic mass is 32.1. The number of ether oxygens (including phenoxy) is 1. The minimum atomic E-state index is 0.454. The average molecular weight is 239 g/mol. The van der Waals surface area contributed by atoms with Gasteiger partial charge in [-0.1, -0.05) is 0 Å². The molecule has 16 heavy (non-hydrogen) atoms. The Morgan fingerprint density at radius 2 is 2.31 bits per heavy atom. The number of hydrogen-bond donors (Lipinski definition) is 1. The molecule has 90 valence electrons. The van der Waals surface area contributed by atoms with Crippen LogP contribution in [0.3, 0.4) is 0 Å². The fourth-order valence-electron chi connectivity index (χ4n) is 2.38. The molecule has 2 heterocycles. The predicted molar refractivity (Wildman–Crippen MR) is 69.0 cm³/mol. The van der Waals surface area contributed by atoms with Crippen molar-refractivity contribution in [3.63, 3.8) is 0 Å². The molecule has 2 rings (SSSR count). The summed E-state index contributed by atoms with van der Waals surface area (Å²) < 4.78 is 5.44. The highest BCUT2D eigenvalue weighted by molar-refractivity contribution is 7.10. The molecule has 1 fully saturated rings. The summed E-state index contributed by atoms with van der Waals surface area (Å²) in [7, 11) is 0. The van der Waals surface area contributed by atoms with Gasteiger partial charge in [0.2, 0.25) is 0 Å². The Balaban J connectivity index is 1.91.